The molecule has 0 saturated carbocycles. The van der Waals surface area contributed by atoms with Gasteiger partial charge in [-0.1, -0.05) is 18.6 Å². The second-order valence-corrected chi connectivity index (χ2v) is 8.17. The van der Waals surface area contributed by atoms with Gasteiger partial charge >= 0.3 is 0 Å². The highest BCUT2D eigenvalue weighted by molar-refractivity contribution is 5.95. The van der Waals surface area contributed by atoms with E-state index in [1.165, 1.54) is 18.4 Å². The van der Waals surface area contributed by atoms with Crippen molar-refractivity contribution in [1.82, 2.24) is 10.2 Å². The third-order valence-corrected chi connectivity index (χ3v) is 6.37. The van der Waals surface area contributed by atoms with Gasteiger partial charge in [-0.05, 0) is 62.9 Å². The Morgan fingerprint density at radius 1 is 1.08 bits per heavy atom. The topological polar surface area (TPSA) is 55.8 Å². The van der Waals surface area contributed by atoms with Crippen LogP contribution in [0.2, 0.25) is 0 Å². The lowest BCUT2D eigenvalue weighted by molar-refractivity contribution is -0.117. The van der Waals surface area contributed by atoms with Gasteiger partial charge in [0.25, 0.3) is 0 Å². The van der Waals surface area contributed by atoms with Crippen LogP contribution >= 0.6 is 0 Å². The van der Waals surface area contributed by atoms with Gasteiger partial charge < -0.3 is 15.3 Å². The van der Waals surface area contributed by atoms with Crippen molar-refractivity contribution in [2.45, 2.75) is 63.1 Å². The fourth-order valence-corrected chi connectivity index (χ4v) is 4.97. The van der Waals surface area contributed by atoms with Crippen LogP contribution in [0.3, 0.4) is 0 Å². The maximum Gasteiger partial charge on any atom is 0.227 e. The van der Waals surface area contributed by atoms with Gasteiger partial charge in [-0.2, -0.15) is 0 Å². The lowest BCUT2D eigenvalue weighted by Crippen LogP contribution is -2.62. The Morgan fingerprint density at radius 2 is 1.88 bits per heavy atom. The minimum absolute atomic E-state index is 0.229. The van der Waals surface area contributed by atoms with Gasteiger partial charge in [0.2, 0.25) is 5.91 Å². The Balaban J connectivity index is 1.32. The summed E-state index contributed by atoms with van der Waals surface area (Å²) >= 11 is 0. The van der Waals surface area contributed by atoms with E-state index in [1.807, 2.05) is 17.0 Å². The van der Waals surface area contributed by atoms with Crippen molar-refractivity contribution in [3.63, 3.8) is 0 Å². The van der Waals surface area contributed by atoms with Gasteiger partial charge in [0.1, 0.15) is 0 Å². The molecule has 1 aromatic rings. The fraction of sp³-hybridized carbons (Fsp3) is 0.667. The number of piperidine rings is 2. The van der Waals surface area contributed by atoms with Gasteiger partial charge in [-0.15, -0.1) is 0 Å². The van der Waals surface area contributed by atoms with Crippen LogP contribution in [-0.2, 0) is 11.3 Å². The van der Waals surface area contributed by atoms with E-state index in [4.69, 9.17) is 0 Å². The lowest BCUT2D eigenvalue weighted by atomic mass is 9.79. The predicted molar refractivity (Wildman–Crippen MR) is 103 cm³/mol. The number of fused-ring (bicyclic) bond motifs is 1. The number of rotatable bonds is 5. The Morgan fingerprint density at radius 3 is 2.65 bits per heavy atom. The number of anilines is 1. The van der Waals surface area contributed by atoms with Crippen LogP contribution in [0.4, 0.5) is 5.69 Å². The molecule has 26 heavy (non-hydrogen) atoms. The van der Waals surface area contributed by atoms with Crippen LogP contribution in [0.1, 0.15) is 50.5 Å². The Hall–Kier alpha value is -1.43. The van der Waals surface area contributed by atoms with Gasteiger partial charge in [0.15, 0.2) is 0 Å². The maximum absolute atomic E-state index is 11.8. The molecular weight excluding hydrogens is 326 g/mol. The summed E-state index contributed by atoms with van der Waals surface area (Å²) in [7, 11) is 0. The van der Waals surface area contributed by atoms with E-state index in [9.17, 15) is 9.90 Å². The van der Waals surface area contributed by atoms with E-state index in [1.54, 1.807) is 0 Å². The van der Waals surface area contributed by atoms with E-state index in [-0.39, 0.29) is 5.91 Å². The summed E-state index contributed by atoms with van der Waals surface area (Å²) in [6.07, 6.45) is 7.24. The molecule has 5 heteroatoms. The molecular formula is C21H31N3O2. The molecule has 0 bridgehead atoms. The van der Waals surface area contributed by atoms with E-state index in [2.05, 4.69) is 22.3 Å². The highest BCUT2D eigenvalue weighted by Crippen LogP contribution is 2.33. The number of carbonyl (C=O) groups is 1. The van der Waals surface area contributed by atoms with E-state index < -0.39 is 5.60 Å². The number of aliphatic hydroxyl groups is 1. The first-order valence-electron chi connectivity index (χ1n) is 10.2. The fourth-order valence-electron chi connectivity index (χ4n) is 4.97. The average Bonchev–Trinajstić information content (AvgIpc) is 3.09. The standard InChI is InChI=1S/C21H31N3O2/c25-20-6-3-14-24(20)18-9-7-17(8-10-18)15-22-16-21(26)11-4-13-23-12-2-1-5-19(21)23/h7-10,19,22,26H,1-6,11-16H2/t19-,21-/m1/s1. The zero-order valence-electron chi connectivity index (χ0n) is 15.6. The minimum Gasteiger partial charge on any atom is -0.387 e. The Bertz CT molecular complexity index is 631. The summed E-state index contributed by atoms with van der Waals surface area (Å²) in [5.41, 5.74) is 1.60. The number of hydrogen-bond donors (Lipinski definition) is 2. The van der Waals surface area contributed by atoms with Crippen molar-refractivity contribution in [3.05, 3.63) is 29.8 Å². The molecule has 0 aromatic heterocycles. The highest BCUT2D eigenvalue weighted by atomic mass is 16.3. The van der Waals surface area contributed by atoms with Crippen LogP contribution in [0.15, 0.2) is 24.3 Å². The number of hydrogen-bond acceptors (Lipinski definition) is 4. The zero-order chi connectivity index (χ0) is 18.0. The van der Waals surface area contributed by atoms with Gasteiger partial charge in [0, 0.05) is 37.8 Å². The van der Waals surface area contributed by atoms with E-state index >= 15 is 0 Å². The van der Waals surface area contributed by atoms with Crippen LogP contribution in [0.25, 0.3) is 0 Å². The van der Waals surface area contributed by atoms with Gasteiger partial charge in [-0.3, -0.25) is 9.69 Å². The molecule has 5 nitrogen and oxygen atoms in total. The maximum atomic E-state index is 11.8. The minimum atomic E-state index is -0.597. The summed E-state index contributed by atoms with van der Waals surface area (Å²) in [5, 5.41) is 14.7. The first-order chi connectivity index (χ1) is 12.7. The van der Waals surface area contributed by atoms with E-state index in [0.29, 0.717) is 19.0 Å². The van der Waals surface area contributed by atoms with Crippen LogP contribution < -0.4 is 10.2 Å². The summed E-state index contributed by atoms with van der Waals surface area (Å²) in [5.74, 6) is 0.229. The summed E-state index contributed by atoms with van der Waals surface area (Å²) in [4.78, 5) is 16.2. The molecule has 2 N–H and O–H groups in total. The van der Waals surface area contributed by atoms with Crippen molar-refractivity contribution >= 4 is 11.6 Å². The molecule has 3 fully saturated rings. The van der Waals surface area contributed by atoms with Gasteiger partial charge in [-0.25, -0.2) is 0 Å². The second kappa shape index (κ2) is 7.67. The van der Waals surface area contributed by atoms with Crippen molar-refractivity contribution in [3.8, 4) is 0 Å². The Labute approximate surface area is 156 Å². The SMILES string of the molecule is O=C1CCCN1c1ccc(CNC[C@]2(O)CCCN3CCCC[C@@H]32)cc1. The average molecular weight is 357 g/mol. The molecule has 0 aliphatic carbocycles. The predicted octanol–water partition coefficient (Wildman–Crippen LogP) is 2.28. The Kier molecular flexibility index (Phi) is 5.30. The van der Waals surface area contributed by atoms with Crippen LogP contribution in [0.5, 0.6) is 0 Å². The number of carbonyl (C=O) groups excluding carboxylic acids is 1. The molecule has 3 heterocycles. The van der Waals surface area contributed by atoms with Crippen LogP contribution in [0, 0.1) is 0 Å². The molecule has 3 aliphatic rings. The monoisotopic (exact) mass is 357 g/mol. The molecule has 0 unspecified atom stereocenters. The normalized spacial score (nSPS) is 29.8. The molecule has 0 spiro atoms. The molecule has 1 aromatic carbocycles. The zero-order valence-corrected chi connectivity index (χ0v) is 15.6. The number of nitrogens with one attached hydrogen (secondary N) is 1. The quantitative estimate of drug-likeness (QED) is 0.849. The molecule has 1 amide bonds. The highest BCUT2D eigenvalue weighted by Gasteiger charge is 2.43. The molecule has 2 atom stereocenters. The molecule has 4 rings (SSSR count). The summed E-state index contributed by atoms with van der Waals surface area (Å²) in [6, 6.07) is 8.58. The first-order valence-corrected chi connectivity index (χ1v) is 10.2. The summed E-state index contributed by atoms with van der Waals surface area (Å²) in [6.45, 7) is 4.53. The van der Waals surface area contributed by atoms with Gasteiger partial charge in [0.05, 0.1) is 5.60 Å². The largest absolute Gasteiger partial charge is 0.387 e. The lowest BCUT2D eigenvalue weighted by Gasteiger charge is -2.49. The molecule has 3 saturated heterocycles. The van der Waals surface area contributed by atoms with Crippen molar-refractivity contribution < 1.29 is 9.90 Å². The number of benzene rings is 1. The third-order valence-electron chi connectivity index (χ3n) is 6.37. The van der Waals surface area contributed by atoms with Crippen molar-refractivity contribution in [2.24, 2.45) is 0 Å². The van der Waals surface area contributed by atoms with Crippen LogP contribution in [-0.4, -0.2) is 53.7 Å². The third kappa shape index (κ3) is 3.66. The van der Waals surface area contributed by atoms with Crippen molar-refractivity contribution in [1.29, 1.82) is 0 Å². The molecule has 142 valence electrons. The smallest absolute Gasteiger partial charge is 0.227 e. The van der Waals surface area contributed by atoms with Crippen molar-refractivity contribution in [2.75, 3.05) is 31.1 Å². The second-order valence-electron chi connectivity index (χ2n) is 8.17. The molecule has 3 aliphatic heterocycles. The first kappa shape index (κ1) is 18.0. The molecule has 0 radical (unpaired) electrons. The number of nitrogens with zero attached hydrogens (tertiary/aromatic N) is 2. The van der Waals surface area contributed by atoms with E-state index in [0.717, 1.165) is 57.5 Å². The number of amides is 1. The summed E-state index contributed by atoms with van der Waals surface area (Å²) < 4.78 is 0.